The standard InChI is InChI=1S/C34H23N.C12H9N/c1-2-7-23(8-3-1)27-17-19-33-31(21-27)32-22-28(18-20-34(32)35-33)24-13-15-26(16-14-24)30-12-6-10-25-9-4-5-11-29(25)30;1-3-7-11-9(5-1)10-6-2-4-8-12(10)13-11/h1-22,35H;1-8,13H. The summed E-state index contributed by atoms with van der Waals surface area (Å²) in [6, 6.07) is 64.8. The summed E-state index contributed by atoms with van der Waals surface area (Å²) in [6.45, 7) is 0. The average molecular weight is 613 g/mol. The lowest BCUT2D eigenvalue weighted by Gasteiger charge is -2.09. The normalized spacial score (nSPS) is 11.3. The van der Waals surface area contributed by atoms with E-state index in [0.29, 0.717) is 0 Å². The Bertz CT molecular complexity index is 2660. The summed E-state index contributed by atoms with van der Waals surface area (Å²) in [4.78, 5) is 6.96. The van der Waals surface area contributed by atoms with Crippen molar-refractivity contribution in [2.75, 3.05) is 0 Å². The second-order valence-electron chi connectivity index (χ2n) is 12.3. The van der Waals surface area contributed by atoms with Gasteiger partial charge >= 0.3 is 0 Å². The topological polar surface area (TPSA) is 31.6 Å². The molecule has 0 radical (unpaired) electrons. The maximum atomic E-state index is 3.58. The smallest absolute Gasteiger partial charge is 0.0465 e. The van der Waals surface area contributed by atoms with Crippen molar-refractivity contribution in [2.45, 2.75) is 0 Å². The van der Waals surface area contributed by atoms with Crippen LogP contribution in [0.1, 0.15) is 0 Å². The van der Waals surface area contributed by atoms with Gasteiger partial charge in [0.25, 0.3) is 0 Å². The van der Waals surface area contributed by atoms with E-state index in [0.717, 1.165) is 0 Å². The lowest BCUT2D eigenvalue weighted by Crippen LogP contribution is -1.83. The Labute approximate surface area is 278 Å². The maximum absolute atomic E-state index is 3.58. The molecule has 226 valence electrons. The van der Waals surface area contributed by atoms with Crippen molar-refractivity contribution >= 4 is 54.4 Å². The van der Waals surface area contributed by atoms with Gasteiger partial charge in [0.15, 0.2) is 0 Å². The third-order valence-corrected chi connectivity index (χ3v) is 9.44. The van der Waals surface area contributed by atoms with Crippen molar-refractivity contribution in [3.8, 4) is 33.4 Å². The fraction of sp³-hybridized carbons (Fsp3) is 0. The fourth-order valence-electron chi connectivity index (χ4n) is 7.01. The molecule has 0 aliphatic rings. The molecule has 2 nitrogen and oxygen atoms in total. The van der Waals surface area contributed by atoms with E-state index >= 15 is 0 Å². The summed E-state index contributed by atoms with van der Waals surface area (Å²) in [7, 11) is 0. The average Bonchev–Trinajstić information content (AvgIpc) is 3.73. The summed E-state index contributed by atoms with van der Waals surface area (Å²) in [6.07, 6.45) is 0. The predicted molar refractivity (Wildman–Crippen MR) is 205 cm³/mol. The van der Waals surface area contributed by atoms with Gasteiger partial charge in [0, 0.05) is 43.6 Å². The van der Waals surface area contributed by atoms with Crippen LogP contribution >= 0.6 is 0 Å². The number of H-pyrrole nitrogens is 2. The third kappa shape index (κ3) is 5.01. The molecule has 10 aromatic rings. The second kappa shape index (κ2) is 11.8. The zero-order valence-electron chi connectivity index (χ0n) is 26.3. The molecule has 2 N–H and O–H groups in total. The van der Waals surface area contributed by atoms with Crippen molar-refractivity contribution < 1.29 is 0 Å². The van der Waals surface area contributed by atoms with Crippen molar-refractivity contribution in [3.05, 3.63) is 182 Å². The Balaban J connectivity index is 0.000000201. The highest BCUT2D eigenvalue weighted by atomic mass is 14.7. The molecule has 0 aliphatic heterocycles. The quantitative estimate of drug-likeness (QED) is 0.199. The van der Waals surface area contributed by atoms with E-state index in [-0.39, 0.29) is 0 Å². The zero-order chi connectivity index (χ0) is 31.9. The number of benzene rings is 8. The molecule has 0 unspecified atom stereocenters. The van der Waals surface area contributed by atoms with E-state index in [4.69, 9.17) is 0 Å². The number of para-hydroxylation sites is 2. The van der Waals surface area contributed by atoms with Crippen LogP contribution in [0.4, 0.5) is 0 Å². The predicted octanol–water partition coefficient (Wildman–Crippen LogP) is 12.8. The second-order valence-corrected chi connectivity index (χ2v) is 12.3. The maximum Gasteiger partial charge on any atom is 0.0465 e. The minimum absolute atomic E-state index is 1.17. The first-order chi connectivity index (χ1) is 23.8. The number of aromatic nitrogens is 2. The molecule has 0 saturated heterocycles. The summed E-state index contributed by atoms with van der Waals surface area (Å²) in [5, 5.41) is 7.69. The Hall–Kier alpha value is -6.38. The van der Waals surface area contributed by atoms with Crippen LogP contribution in [0.15, 0.2) is 182 Å². The summed E-state index contributed by atoms with van der Waals surface area (Å²) in [5.41, 5.74) is 12.2. The highest BCUT2D eigenvalue weighted by Gasteiger charge is 2.09. The minimum atomic E-state index is 1.17. The van der Waals surface area contributed by atoms with E-state index in [9.17, 15) is 0 Å². The first-order valence-electron chi connectivity index (χ1n) is 16.4. The van der Waals surface area contributed by atoms with E-state index in [1.807, 2.05) is 0 Å². The first-order valence-corrected chi connectivity index (χ1v) is 16.4. The lowest BCUT2D eigenvalue weighted by molar-refractivity contribution is 1.54. The number of fused-ring (bicyclic) bond motifs is 7. The van der Waals surface area contributed by atoms with Crippen LogP contribution in [0.5, 0.6) is 0 Å². The molecule has 2 heteroatoms. The zero-order valence-corrected chi connectivity index (χ0v) is 26.3. The molecule has 48 heavy (non-hydrogen) atoms. The van der Waals surface area contributed by atoms with E-state index in [2.05, 4.69) is 192 Å². The van der Waals surface area contributed by atoms with Crippen LogP contribution in [-0.4, -0.2) is 9.97 Å². The molecule has 0 saturated carbocycles. The highest BCUT2D eigenvalue weighted by molar-refractivity contribution is 6.10. The summed E-state index contributed by atoms with van der Waals surface area (Å²) < 4.78 is 0. The van der Waals surface area contributed by atoms with Crippen molar-refractivity contribution in [1.82, 2.24) is 9.97 Å². The van der Waals surface area contributed by atoms with Crippen LogP contribution in [0.2, 0.25) is 0 Å². The Morgan fingerprint density at radius 1 is 0.250 bits per heavy atom. The van der Waals surface area contributed by atoms with Gasteiger partial charge in [-0.3, -0.25) is 0 Å². The molecule has 2 heterocycles. The number of hydrogen-bond donors (Lipinski definition) is 2. The number of rotatable bonds is 3. The van der Waals surface area contributed by atoms with Crippen LogP contribution in [0, 0.1) is 0 Å². The van der Waals surface area contributed by atoms with Gasteiger partial charge in [-0.05, 0) is 80.6 Å². The summed E-state index contributed by atoms with van der Waals surface area (Å²) >= 11 is 0. The van der Waals surface area contributed by atoms with Gasteiger partial charge in [0.1, 0.15) is 0 Å². The van der Waals surface area contributed by atoms with Crippen molar-refractivity contribution in [3.63, 3.8) is 0 Å². The molecule has 0 spiro atoms. The minimum Gasteiger partial charge on any atom is -0.355 e. The van der Waals surface area contributed by atoms with Gasteiger partial charge in [0.05, 0.1) is 0 Å². The van der Waals surface area contributed by atoms with Crippen LogP contribution < -0.4 is 0 Å². The molecular formula is C46H32N2. The van der Waals surface area contributed by atoms with E-state index in [1.165, 1.54) is 87.8 Å². The molecule has 8 aromatic carbocycles. The Morgan fingerprint density at radius 3 is 1.31 bits per heavy atom. The summed E-state index contributed by atoms with van der Waals surface area (Å²) in [5.74, 6) is 0. The number of hydrogen-bond acceptors (Lipinski definition) is 0. The molecule has 0 aliphatic carbocycles. The van der Waals surface area contributed by atoms with Gasteiger partial charge in [-0.2, -0.15) is 0 Å². The first kappa shape index (κ1) is 27.9. The molecule has 2 aromatic heterocycles. The van der Waals surface area contributed by atoms with Crippen LogP contribution in [0.3, 0.4) is 0 Å². The van der Waals surface area contributed by atoms with Gasteiger partial charge < -0.3 is 9.97 Å². The largest absolute Gasteiger partial charge is 0.355 e. The Morgan fingerprint density at radius 2 is 0.688 bits per heavy atom. The van der Waals surface area contributed by atoms with Crippen molar-refractivity contribution in [2.24, 2.45) is 0 Å². The molecule has 0 amide bonds. The molecule has 0 bridgehead atoms. The fourth-order valence-corrected chi connectivity index (χ4v) is 7.01. The Kier molecular flexibility index (Phi) is 6.84. The number of nitrogens with one attached hydrogen (secondary N) is 2. The van der Waals surface area contributed by atoms with Gasteiger partial charge in [0.2, 0.25) is 0 Å². The van der Waals surface area contributed by atoms with Crippen molar-refractivity contribution in [1.29, 1.82) is 0 Å². The van der Waals surface area contributed by atoms with E-state index in [1.54, 1.807) is 0 Å². The molecular weight excluding hydrogens is 581 g/mol. The molecule has 0 atom stereocenters. The van der Waals surface area contributed by atoms with Gasteiger partial charge in [-0.1, -0.05) is 146 Å². The van der Waals surface area contributed by atoms with Gasteiger partial charge in [-0.25, -0.2) is 0 Å². The van der Waals surface area contributed by atoms with Crippen LogP contribution in [0.25, 0.3) is 87.8 Å². The van der Waals surface area contributed by atoms with Crippen LogP contribution in [-0.2, 0) is 0 Å². The highest BCUT2D eigenvalue weighted by Crippen LogP contribution is 2.35. The monoisotopic (exact) mass is 612 g/mol. The van der Waals surface area contributed by atoms with Gasteiger partial charge in [-0.15, -0.1) is 0 Å². The third-order valence-electron chi connectivity index (χ3n) is 9.44. The molecule has 10 rings (SSSR count). The number of aromatic amines is 2. The lowest BCUT2D eigenvalue weighted by atomic mass is 9.95. The molecule has 0 fully saturated rings. The SMILES string of the molecule is c1ccc(-c2ccc3[nH]c4ccc(-c5ccc(-c6cccc7ccccc67)cc5)cc4c3c2)cc1.c1ccc2c(c1)[nH]c1ccccc12. The van der Waals surface area contributed by atoms with E-state index < -0.39 is 0 Å².